The summed E-state index contributed by atoms with van der Waals surface area (Å²) in [6.45, 7) is 1.48. The van der Waals surface area contributed by atoms with Gasteiger partial charge in [-0.25, -0.2) is 4.98 Å². The Morgan fingerprint density at radius 1 is 1.23 bits per heavy atom. The second-order valence-electron chi connectivity index (χ2n) is 7.81. The average Bonchev–Trinajstić information content (AvgIpc) is 3.53. The first-order valence-corrected chi connectivity index (χ1v) is 12.5. The van der Waals surface area contributed by atoms with Gasteiger partial charge in [0.25, 0.3) is 0 Å². The third-order valence-corrected chi connectivity index (χ3v) is 9.32. The first-order valence-electron chi connectivity index (χ1n) is 10.2. The highest BCUT2D eigenvalue weighted by Gasteiger charge is 2.40. The van der Waals surface area contributed by atoms with Gasteiger partial charge in [0.1, 0.15) is 5.82 Å². The Morgan fingerprint density at radius 3 is 2.80 bits per heavy atom. The minimum Gasteiger partial charge on any atom is -0.592 e. The van der Waals surface area contributed by atoms with Gasteiger partial charge in [0, 0.05) is 37.8 Å². The fourth-order valence-electron chi connectivity index (χ4n) is 4.46. The summed E-state index contributed by atoms with van der Waals surface area (Å²) >= 11 is 1.23. The summed E-state index contributed by atoms with van der Waals surface area (Å²) < 4.78 is 27.3. The van der Waals surface area contributed by atoms with Crippen molar-refractivity contribution in [3.63, 3.8) is 0 Å². The normalized spacial score (nSPS) is 23.1. The third-order valence-electron chi connectivity index (χ3n) is 6.05. The van der Waals surface area contributed by atoms with Gasteiger partial charge in [-0.1, -0.05) is 15.5 Å². The molecule has 1 amide bonds. The first kappa shape index (κ1) is 19.8. The third kappa shape index (κ3) is 3.47. The van der Waals surface area contributed by atoms with Gasteiger partial charge in [0.05, 0.1) is 23.3 Å². The summed E-state index contributed by atoms with van der Waals surface area (Å²) in [7, 11) is -3.45. The first-order chi connectivity index (χ1) is 14.5. The van der Waals surface area contributed by atoms with Crippen LogP contribution in [0.3, 0.4) is 0 Å². The highest BCUT2D eigenvalue weighted by atomic mass is 32.3. The van der Waals surface area contributed by atoms with Gasteiger partial charge in [-0.15, -0.1) is 4.31 Å². The molecule has 0 spiro atoms. The molecule has 10 heteroatoms. The summed E-state index contributed by atoms with van der Waals surface area (Å²) in [5.74, 6) is 0.775. The van der Waals surface area contributed by atoms with E-state index in [0.717, 1.165) is 29.7 Å². The van der Waals surface area contributed by atoms with Crippen LogP contribution in [0, 0.1) is 5.92 Å². The lowest BCUT2D eigenvalue weighted by Gasteiger charge is -2.35. The van der Waals surface area contributed by atoms with Gasteiger partial charge in [0.15, 0.2) is 10.4 Å². The molecule has 3 aromatic rings. The zero-order chi connectivity index (χ0) is 20.7. The monoisotopic (exact) mass is 445 g/mol. The zero-order valence-electron chi connectivity index (χ0n) is 16.4. The van der Waals surface area contributed by atoms with Crippen LogP contribution in [-0.4, -0.2) is 54.3 Å². The molecule has 2 unspecified atom stereocenters. The molecule has 5 rings (SSSR count). The molecular formula is C20H23N5O3S2. The Bertz CT molecular complexity index is 1060. The number of H-pyrrole nitrogens is 1. The van der Waals surface area contributed by atoms with Crippen molar-refractivity contribution in [2.45, 2.75) is 35.9 Å². The van der Waals surface area contributed by atoms with Gasteiger partial charge in [-0.3, -0.25) is 9.78 Å². The van der Waals surface area contributed by atoms with Crippen LogP contribution < -0.4 is 0 Å². The molecule has 2 saturated heterocycles. The van der Waals surface area contributed by atoms with Crippen LogP contribution in [0.2, 0.25) is 0 Å². The molecule has 3 aromatic heterocycles. The molecule has 2 aliphatic rings. The molecule has 0 saturated carbocycles. The number of imidazole rings is 1. The van der Waals surface area contributed by atoms with Gasteiger partial charge in [-0.05, 0) is 43.2 Å². The Labute approximate surface area is 179 Å². The molecule has 0 radical (unpaired) electrons. The maximum atomic E-state index is 13.3. The minimum absolute atomic E-state index is 0.0576. The number of thiophene rings is 1. The van der Waals surface area contributed by atoms with Gasteiger partial charge < -0.3 is 14.4 Å². The molecule has 5 heterocycles. The van der Waals surface area contributed by atoms with E-state index in [-0.39, 0.29) is 17.9 Å². The second-order valence-corrected chi connectivity index (χ2v) is 10.9. The van der Waals surface area contributed by atoms with E-state index in [4.69, 9.17) is 0 Å². The lowest BCUT2D eigenvalue weighted by Crippen LogP contribution is -2.46. The number of carbonyl (C=O) groups is 1. The number of aromatic amines is 1. The van der Waals surface area contributed by atoms with E-state index in [1.165, 1.54) is 15.6 Å². The number of rotatable bonds is 4. The van der Waals surface area contributed by atoms with Crippen molar-refractivity contribution in [2.75, 3.05) is 19.6 Å². The SMILES string of the molecule is O=C(C1CCN([S+](=O)([O-])c2cccs2)CC1)N1CCCC1c1nc2ccncc2[nH]1. The van der Waals surface area contributed by atoms with Gasteiger partial charge >= 0.3 is 0 Å². The van der Waals surface area contributed by atoms with Crippen molar-refractivity contribution in [3.8, 4) is 0 Å². The highest BCUT2D eigenvalue weighted by molar-refractivity contribution is 7.97. The van der Waals surface area contributed by atoms with Crippen LogP contribution in [-0.2, 0) is 19.4 Å². The Balaban J connectivity index is 1.27. The van der Waals surface area contributed by atoms with E-state index in [9.17, 15) is 13.6 Å². The van der Waals surface area contributed by atoms with Crippen molar-refractivity contribution in [2.24, 2.45) is 5.92 Å². The van der Waals surface area contributed by atoms with E-state index >= 15 is 0 Å². The molecular weight excluding hydrogens is 422 g/mol. The van der Waals surface area contributed by atoms with Gasteiger partial charge in [-0.2, -0.15) is 0 Å². The number of amides is 1. The number of hydrogen-bond donors (Lipinski definition) is 1. The average molecular weight is 446 g/mol. The minimum atomic E-state index is -3.45. The lowest BCUT2D eigenvalue weighted by atomic mass is 9.96. The van der Waals surface area contributed by atoms with Crippen molar-refractivity contribution in [1.82, 2.24) is 24.2 Å². The van der Waals surface area contributed by atoms with E-state index in [1.54, 1.807) is 29.9 Å². The number of piperidine rings is 1. The number of hydrogen-bond acceptors (Lipinski definition) is 6. The summed E-state index contributed by atoms with van der Waals surface area (Å²) in [6, 6.07) is 5.18. The van der Waals surface area contributed by atoms with E-state index < -0.39 is 10.4 Å². The standard InChI is InChI=1S/C20H23N5O3S2/c26-20(14-6-10-24(11-7-14)30(27,28)18-4-2-12-29-18)25-9-1-3-17(25)19-22-15-5-8-21-13-16(15)23-19/h2,4-5,8,12-14,17H,1,3,6-7,9-11H2,(H-,21,22,23,27,28). The number of nitrogens with one attached hydrogen (secondary N) is 1. The Morgan fingerprint density at radius 2 is 2.07 bits per heavy atom. The summed E-state index contributed by atoms with van der Waals surface area (Å²) in [4.78, 5) is 27.3. The van der Waals surface area contributed by atoms with Crippen LogP contribution >= 0.6 is 11.3 Å². The van der Waals surface area contributed by atoms with Crippen LogP contribution in [0.1, 0.15) is 37.5 Å². The van der Waals surface area contributed by atoms with Crippen molar-refractivity contribution < 1.29 is 13.6 Å². The molecule has 8 nitrogen and oxygen atoms in total. The van der Waals surface area contributed by atoms with E-state index in [2.05, 4.69) is 15.0 Å². The zero-order valence-corrected chi connectivity index (χ0v) is 18.0. The van der Waals surface area contributed by atoms with Crippen LogP contribution in [0.5, 0.6) is 0 Å². The molecule has 0 aliphatic carbocycles. The van der Waals surface area contributed by atoms with E-state index in [0.29, 0.717) is 36.7 Å². The summed E-state index contributed by atoms with van der Waals surface area (Å²) in [6.07, 6.45) is 6.38. The molecule has 2 atom stereocenters. The Hall–Kier alpha value is -2.14. The number of likely N-dealkylation sites (tertiary alicyclic amines) is 1. The largest absolute Gasteiger partial charge is 0.592 e. The summed E-state index contributed by atoms with van der Waals surface area (Å²) in [5.41, 5.74) is 1.73. The van der Waals surface area contributed by atoms with Crippen LogP contribution in [0.4, 0.5) is 0 Å². The molecule has 0 bridgehead atoms. The van der Waals surface area contributed by atoms with Crippen molar-refractivity contribution in [3.05, 3.63) is 41.8 Å². The number of aromatic nitrogens is 3. The molecule has 0 aromatic carbocycles. The fraction of sp³-hybridized carbons (Fsp3) is 0.450. The summed E-state index contributed by atoms with van der Waals surface area (Å²) in [5, 5.41) is 1.77. The fourth-order valence-corrected chi connectivity index (χ4v) is 7.08. The second kappa shape index (κ2) is 7.84. The number of pyridine rings is 1. The van der Waals surface area contributed by atoms with Crippen LogP contribution in [0.15, 0.2) is 40.2 Å². The molecule has 30 heavy (non-hydrogen) atoms. The molecule has 2 fully saturated rings. The maximum absolute atomic E-state index is 13.3. The number of sulfonamides is 1. The molecule has 1 N–H and O–H groups in total. The number of carbonyl (C=O) groups excluding carboxylic acids is 1. The van der Waals surface area contributed by atoms with Crippen LogP contribution in [0.25, 0.3) is 11.0 Å². The maximum Gasteiger partial charge on any atom is 0.229 e. The number of fused-ring (bicyclic) bond motifs is 1. The molecule has 158 valence electrons. The topological polar surface area (TPSA) is 105 Å². The van der Waals surface area contributed by atoms with E-state index in [1.807, 2.05) is 11.0 Å². The predicted octanol–water partition coefficient (Wildman–Crippen LogP) is 3.00. The highest BCUT2D eigenvalue weighted by Crippen LogP contribution is 2.35. The quantitative estimate of drug-likeness (QED) is 0.622. The van der Waals surface area contributed by atoms with Crippen molar-refractivity contribution in [1.29, 1.82) is 0 Å². The van der Waals surface area contributed by atoms with Crippen molar-refractivity contribution >= 4 is 38.7 Å². The molecule has 2 aliphatic heterocycles. The Kier molecular flexibility index (Phi) is 5.18. The number of nitrogens with zero attached hydrogens (tertiary/aromatic N) is 4. The van der Waals surface area contributed by atoms with Gasteiger partial charge in [0.2, 0.25) is 10.1 Å². The predicted molar refractivity (Wildman–Crippen MR) is 113 cm³/mol. The smallest absolute Gasteiger partial charge is 0.229 e. The lowest BCUT2D eigenvalue weighted by molar-refractivity contribution is -0.137.